The van der Waals surface area contributed by atoms with Crippen molar-refractivity contribution in [1.82, 2.24) is 0 Å². The zero-order valence-corrected chi connectivity index (χ0v) is 12.5. The number of hydrogen-bond acceptors (Lipinski definition) is 2. The molecule has 0 saturated carbocycles. The molecule has 0 saturated heterocycles. The maximum Gasteiger partial charge on any atom is 0.255 e. The number of carbonyl (C=O) groups excluding carboxylic acids is 1. The summed E-state index contributed by atoms with van der Waals surface area (Å²) in [5.41, 5.74) is 1.95. The minimum Gasteiger partial charge on any atom is -0.496 e. The van der Waals surface area contributed by atoms with Gasteiger partial charge in [0.05, 0.1) is 17.8 Å². The lowest BCUT2D eigenvalue weighted by Gasteiger charge is -2.09. The number of amides is 1. The number of carbonyl (C=O) groups is 1. The molecule has 0 bridgehead atoms. The van der Waals surface area contributed by atoms with Crippen molar-refractivity contribution < 1.29 is 9.53 Å². The predicted octanol–water partition coefficient (Wildman–Crippen LogP) is 4.56. The second-order valence-corrected chi connectivity index (χ2v) is 5.11. The van der Waals surface area contributed by atoms with E-state index in [1.54, 1.807) is 43.5 Å². The monoisotopic (exact) mass is 309 g/mol. The topological polar surface area (TPSA) is 38.3 Å². The molecule has 0 fully saturated rings. The van der Waals surface area contributed by atoms with Gasteiger partial charge in [-0.3, -0.25) is 4.79 Å². The van der Waals surface area contributed by atoms with E-state index < -0.39 is 0 Å². The highest BCUT2D eigenvalue weighted by molar-refractivity contribution is 6.36. The van der Waals surface area contributed by atoms with Crippen LogP contribution in [0.2, 0.25) is 10.0 Å². The number of anilines is 1. The molecule has 5 heteroatoms. The van der Waals surface area contributed by atoms with Crippen LogP contribution in [0.15, 0.2) is 36.4 Å². The number of nitrogens with one attached hydrogen (secondary N) is 1. The van der Waals surface area contributed by atoms with Crippen molar-refractivity contribution in [2.45, 2.75) is 6.92 Å². The number of methoxy groups -OCH3 is 1. The molecule has 0 unspecified atom stereocenters. The van der Waals surface area contributed by atoms with Gasteiger partial charge in [-0.2, -0.15) is 0 Å². The quantitative estimate of drug-likeness (QED) is 0.902. The summed E-state index contributed by atoms with van der Waals surface area (Å²) < 4.78 is 5.16. The first kappa shape index (κ1) is 14.7. The van der Waals surface area contributed by atoms with Crippen molar-refractivity contribution in [2.75, 3.05) is 12.4 Å². The minimum absolute atomic E-state index is 0.236. The highest BCUT2D eigenvalue weighted by Crippen LogP contribution is 2.26. The van der Waals surface area contributed by atoms with Gasteiger partial charge >= 0.3 is 0 Å². The number of benzene rings is 2. The Bertz CT molecular complexity index is 656. The van der Waals surface area contributed by atoms with E-state index in [1.165, 1.54) is 0 Å². The molecular formula is C15H13Cl2NO2. The molecule has 2 aromatic carbocycles. The van der Waals surface area contributed by atoms with Gasteiger partial charge in [-0.15, -0.1) is 0 Å². The molecule has 0 aliphatic carbocycles. The smallest absolute Gasteiger partial charge is 0.255 e. The van der Waals surface area contributed by atoms with Gasteiger partial charge in [-0.25, -0.2) is 0 Å². The summed E-state index contributed by atoms with van der Waals surface area (Å²) in [5, 5.41) is 3.67. The van der Waals surface area contributed by atoms with E-state index in [2.05, 4.69) is 5.32 Å². The van der Waals surface area contributed by atoms with Gasteiger partial charge in [0.25, 0.3) is 5.91 Å². The largest absolute Gasteiger partial charge is 0.496 e. The first-order valence-electron chi connectivity index (χ1n) is 5.92. The standard InChI is InChI=1S/C15H13Cl2NO2/c1-9-7-10(3-6-14(9)20-2)15(19)18-13-5-4-11(16)8-12(13)17/h3-8H,1-2H3,(H,18,19). The third-order valence-electron chi connectivity index (χ3n) is 2.84. The maximum atomic E-state index is 12.2. The Morgan fingerprint density at radius 2 is 1.90 bits per heavy atom. The molecule has 104 valence electrons. The van der Waals surface area contributed by atoms with E-state index in [-0.39, 0.29) is 5.91 Å². The molecule has 1 amide bonds. The molecule has 0 radical (unpaired) electrons. The molecule has 0 spiro atoms. The average Bonchev–Trinajstić information content (AvgIpc) is 2.41. The van der Waals surface area contributed by atoms with Crippen LogP contribution < -0.4 is 10.1 Å². The van der Waals surface area contributed by atoms with Crippen LogP contribution in [-0.2, 0) is 0 Å². The molecule has 0 atom stereocenters. The lowest BCUT2D eigenvalue weighted by molar-refractivity contribution is 0.102. The van der Waals surface area contributed by atoms with Crippen LogP contribution in [-0.4, -0.2) is 13.0 Å². The summed E-state index contributed by atoms with van der Waals surface area (Å²) in [4.78, 5) is 12.2. The lowest BCUT2D eigenvalue weighted by atomic mass is 10.1. The van der Waals surface area contributed by atoms with E-state index in [1.807, 2.05) is 6.92 Å². The molecule has 0 aliphatic heterocycles. The third-order valence-corrected chi connectivity index (χ3v) is 3.38. The van der Waals surface area contributed by atoms with Gasteiger partial charge in [0.1, 0.15) is 5.75 Å². The number of ether oxygens (including phenoxy) is 1. The Labute approximate surface area is 127 Å². The van der Waals surface area contributed by atoms with Crippen LogP contribution in [0.25, 0.3) is 0 Å². The normalized spacial score (nSPS) is 10.2. The van der Waals surface area contributed by atoms with E-state index in [9.17, 15) is 4.79 Å². The fourth-order valence-corrected chi connectivity index (χ4v) is 2.26. The van der Waals surface area contributed by atoms with Crippen molar-refractivity contribution in [3.63, 3.8) is 0 Å². The van der Waals surface area contributed by atoms with Gasteiger partial charge < -0.3 is 10.1 Å². The highest BCUT2D eigenvalue weighted by Gasteiger charge is 2.10. The SMILES string of the molecule is COc1ccc(C(=O)Nc2ccc(Cl)cc2Cl)cc1C. The first-order chi connectivity index (χ1) is 9.51. The Balaban J connectivity index is 2.21. The van der Waals surface area contributed by atoms with Crippen LogP contribution in [0.4, 0.5) is 5.69 Å². The maximum absolute atomic E-state index is 12.2. The zero-order valence-electron chi connectivity index (χ0n) is 11.0. The Morgan fingerprint density at radius 1 is 1.15 bits per heavy atom. The fourth-order valence-electron chi connectivity index (χ4n) is 1.81. The molecule has 1 N–H and O–H groups in total. The van der Waals surface area contributed by atoms with Crippen LogP contribution in [0.5, 0.6) is 5.75 Å². The summed E-state index contributed by atoms with van der Waals surface area (Å²) in [6.45, 7) is 1.88. The minimum atomic E-state index is -0.236. The molecule has 20 heavy (non-hydrogen) atoms. The van der Waals surface area contributed by atoms with Crippen molar-refractivity contribution in [1.29, 1.82) is 0 Å². The van der Waals surface area contributed by atoms with Gasteiger partial charge in [0.2, 0.25) is 0 Å². The molecule has 0 aliphatic rings. The second-order valence-electron chi connectivity index (χ2n) is 4.26. The van der Waals surface area contributed by atoms with Crippen molar-refractivity contribution in [2.24, 2.45) is 0 Å². The molecule has 0 heterocycles. The average molecular weight is 310 g/mol. The van der Waals surface area contributed by atoms with Gasteiger partial charge in [0.15, 0.2) is 0 Å². The van der Waals surface area contributed by atoms with Crippen LogP contribution in [0.3, 0.4) is 0 Å². The number of rotatable bonds is 3. The predicted molar refractivity (Wildman–Crippen MR) is 82.1 cm³/mol. The molecule has 2 rings (SSSR count). The van der Waals surface area contributed by atoms with Gasteiger partial charge in [-0.05, 0) is 48.9 Å². The second kappa shape index (κ2) is 6.16. The number of halogens is 2. The molecule has 0 aromatic heterocycles. The van der Waals surface area contributed by atoms with E-state index >= 15 is 0 Å². The Hall–Kier alpha value is -1.71. The zero-order chi connectivity index (χ0) is 14.7. The number of hydrogen-bond donors (Lipinski definition) is 1. The van der Waals surface area contributed by atoms with E-state index in [0.29, 0.717) is 21.3 Å². The Kier molecular flexibility index (Phi) is 4.53. The lowest BCUT2D eigenvalue weighted by Crippen LogP contribution is -2.12. The summed E-state index contributed by atoms with van der Waals surface area (Å²) >= 11 is 11.8. The first-order valence-corrected chi connectivity index (χ1v) is 6.68. The van der Waals surface area contributed by atoms with E-state index in [0.717, 1.165) is 11.3 Å². The van der Waals surface area contributed by atoms with Crippen molar-refractivity contribution in [3.8, 4) is 5.75 Å². The van der Waals surface area contributed by atoms with Crippen LogP contribution in [0.1, 0.15) is 15.9 Å². The van der Waals surface area contributed by atoms with E-state index in [4.69, 9.17) is 27.9 Å². The number of aryl methyl sites for hydroxylation is 1. The van der Waals surface area contributed by atoms with Crippen molar-refractivity contribution in [3.05, 3.63) is 57.6 Å². The summed E-state index contributed by atoms with van der Waals surface area (Å²) in [5.74, 6) is 0.506. The van der Waals surface area contributed by atoms with Gasteiger partial charge in [0, 0.05) is 10.6 Å². The van der Waals surface area contributed by atoms with Crippen LogP contribution in [0, 0.1) is 6.92 Å². The molecule has 3 nitrogen and oxygen atoms in total. The Morgan fingerprint density at radius 3 is 2.50 bits per heavy atom. The van der Waals surface area contributed by atoms with Gasteiger partial charge in [-0.1, -0.05) is 23.2 Å². The summed E-state index contributed by atoms with van der Waals surface area (Å²) in [6.07, 6.45) is 0. The van der Waals surface area contributed by atoms with Crippen LogP contribution >= 0.6 is 23.2 Å². The molecular weight excluding hydrogens is 297 g/mol. The summed E-state index contributed by atoms with van der Waals surface area (Å²) in [6, 6.07) is 10.1. The molecule has 2 aromatic rings. The fraction of sp³-hybridized carbons (Fsp3) is 0.133. The van der Waals surface area contributed by atoms with Crippen molar-refractivity contribution >= 4 is 34.8 Å². The summed E-state index contributed by atoms with van der Waals surface area (Å²) in [7, 11) is 1.59. The highest BCUT2D eigenvalue weighted by atomic mass is 35.5. The third kappa shape index (κ3) is 3.24.